The number of hydrogen-bond acceptors (Lipinski definition) is 2. The quantitative estimate of drug-likeness (QED) is 0.323. The summed E-state index contributed by atoms with van der Waals surface area (Å²) in [7, 11) is 0. The van der Waals surface area contributed by atoms with Crippen molar-refractivity contribution in [3.8, 4) is 0 Å². The maximum atomic E-state index is 7.02. The Hall–Kier alpha value is -0.601. The second kappa shape index (κ2) is 2.11. The van der Waals surface area contributed by atoms with Crippen LogP contribution in [0.5, 0.6) is 0 Å². The van der Waals surface area contributed by atoms with Crippen LogP contribution in [0.1, 0.15) is 0 Å². The summed E-state index contributed by atoms with van der Waals surface area (Å²) in [6.07, 6.45) is 3.36. The molecule has 0 radical (unpaired) electrons. The van der Waals surface area contributed by atoms with Crippen molar-refractivity contribution in [2.45, 2.75) is 0 Å². The van der Waals surface area contributed by atoms with Crippen LogP contribution in [-0.2, 0) is 0 Å². The van der Waals surface area contributed by atoms with E-state index >= 15 is 0 Å². The summed E-state index contributed by atoms with van der Waals surface area (Å²) in [6, 6.07) is 1.78. The Labute approximate surface area is 55.0 Å². The summed E-state index contributed by atoms with van der Waals surface area (Å²) < 4.78 is 1.85. The van der Waals surface area contributed by atoms with Gasteiger partial charge in [0.25, 0.3) is 0 Å². The third-order valence-electron chi connectivity index (χ3n) is 0.721. The fraction of sp³-hybridized carbons (Fsp3) is 0. The first-order chi connectivity index (χ1) is 3.80. The standard InChI is InChI=1S/C4H5N3Se/c5-4(8)7-3-1-2-6-7/h1-3H,(H2,5,8). The molecular weight excluding hydrogens is 169 g/mol. The van der Waals surface area contributed by atoms with Crippen LogP contribution in [-0.4, -0.2) is 30.5 Å². The Morgan fingerprint density at radius 3 is 2.75 bits per heavy atom. The molecule has 1 heterocycles. The summed E-state index contributed by atoms with van der Waals surface area (Å²) in [5, 5.41) is 10.8. The van der Waals surface area contributed by atoms with Crippen molar-refractivity contribution in [3.05, 3.63) is 18.5 Å². The zero-order valence-electron chi connectivity index (χ0n) is 4.07. The minimum atomic E-state index is 0.377. The molecule has 1 aromatic rings. The predicted molar refractivity (Wildman–Crippen MR) is 32.5 cm³/mol. The second-order valence-electron chi connectivity index (χ2n) is 1.27. The summed E-state index contributed by atoms with van der Waals surface area (Å²) in [5.74, 6) is 0. The van der Waals surface area contributed by atoms with Crippen molar-refractivity contribution in [2.24, 2.45) is 0 Å². The van der Waals surface area contributed by atoms with Gasteiger partial charge < -0.3 is 0 Å². The summed E-state index contributed by atoms with van der Waals surface area (Å²) in [4.78, 5) is 0. The monoisotopic (exact) mass is 175 g/mol. The number of rotatable bonds is 0. The van der Waals surface area contributed by atoms with Gasteiger partial charge in [0.1, 0.15) is 0 Å². The van der Waals surface area contributed by atoms with Gasteiger partial charge in [-0.3, -0.25) is 0 Å². The van der Waals surface area contributed by atoms with Crippen LogP contribution in [0, 0.1) is 5.41 Å². The molecule has 0 aliphatic heterocycles. The van der Waals surface area contributed by atoms with Crippen molar-refractivity contribution in [1.29, 1.82) is 5.41 Å². The van der Waals surface area contributed by atoms with Crippen molar-refractivity contribution >= 4 is 20.7 Å². The molecule has 0 aliphatic rings. The molecule has 0 unspecified atom stereocenters. The van der Waals surface area contributed by atoms with E-state index in [1.165, 1.54) is 4.68 Å². The van der Waals surface area contributed by atoms with E-state index in [9.17, 15) is 0 Å². The van der Waals surface area contributed by atoms with E-state index in [0.717, 1.165) is 0 Å². The van der Waals surface area contributed by atoms with Crippen LogP contribution >= 0.6 is 0 Å². The second-order valence-corrected chi connectivity index (χ2v) is 2.16. The van der Waals surface area contributed by atoms with Gasteiger partial charge in [-0.15, -0.1) is 0 Å². The fourth-order valence-corrected chi connectivity index (χ4v) is 0.642. The molecule has 0 atom stereocenters. The average Bonchev–Trinajstić information content (AvgIpc) is 2.12. The minimum absolute atomic E-state index is 0.377. The van der Waals surface area contributed by atoms with Crippen LogP contribution < -0.4 is 0 Å². The number of aromatic nitrogens is 2. The Bertz CT molecular complexity index is 179. The molecule has 4 heteroatoms. The number of hydrogen-bond donors (Lipinski definition) is 1. The van der Waals surface area contributed by atoms with E-state index in [1.807, 2.05) is 0 Å². The van der Waals surface area contributed by atoms with Crippen LogP contribution in [0.3, 0.4) is 0 Å². The summed E-state index contributed by atoms with van der Waals surface area (Å²) >= 11 is 2.11. The zero-order chi connectivity index (χ0) is 5.98. The van der Waals surface area contributed by atoms with Gasteiger partial charge in [-0.05, 0) is 0 Å². The van der Waals surface area contributed by atoms with E-state index in [0.29, 0.717) is 4.73 Å². The Morgan fingerprint density at radius 2 is 2.50 bits per heavy atom. The Kier molecular flexibility index (Phi) is 1.46. The zero-order valence-corrected chi connectivity index (χ0v) is 5.95. The molecule has 1 N–H and O–H groups in total. The van der Waals surface area contributed by atoms with Gasteiger partial charge >= 0.3 is 54.4 Å². The first kappa shape index (κ1) is 5.53. The topological polar surface area (TPSA) is 41.7 Å². The van der Waals surface area contributed by atoms with Crippen molar-refractivity contribution < 1.29 is 0 Å². The van der Waals surface area contributed by atoms with E-state index < -0.39 is 0 Å². The molecule has 0 bridgehead atoms. The van der Waals surface area contributed by atoms with Gasteiger partial charge in [0.05, 0.1) is 0 Å². The van der Waals surface area contributed by atoms with Gasteiger partial charge in [-0.1, -0.05) is 0 Å². The Balaban J connectivity index is 2.93. The summed E-state index contributed by atoms with van der Waals surface area (Å²) in [6.45, 7) is 0. The van der Waals surface area contributed by atoms with Gasteiger partial charge in [0.15, 0.2) is 0 Å². The third kappa shape index (κ3) is 0.966. The van der Waals surface area contributed by atoms with Crippen molar-refractivity contribution in [1.82, 2.24) is 9.78 Å². The Morgan fingerprint density at radius 1 is 1.75 bits per heavy atom. The molecule has 0 fully saturated rings. The molecule has 0 spiro atoms. The van der Waals surface area contributed by atoms with E-state index in [4.69, 9.17) is 5.41 Å². The van der Waals surface area contributed by atoms with Gasteiger partial charge in [-0.2, -0.15) is 0 Å². The molecule has 1 rings (SSSR count). The van der Waals surface area contributed by atoms with Crippen molar-refractivity contribution in [3.63, 3.8) is 0 Å². The van der Waals surface area contributed by atoms with Crippen LogP contribution in [0.2, 0.25) is 0 Å². The molecule has 0 aromatic carbocycles. The van der Waals surface area contributed by atoms with E-state index in [-0.39, 0.29) is 0 Å². The number of nitrogens with zero attached hydrogens (tertiary/aromatic N) is 2. The first-order valence-electron chi connectivity index (χ1n) is 2.08. The molecule has 1 aromatic heterocycles. The van der Waals surface area contributed by atoms with Crippen molar-refractivity contribution in [2.75, 3.05) is 0 Å². The van der Waals surface area contributed by atoms with Gasteiger partial charge in [0, 0.05) is 0 Å². The van der Waals surface area contributed by atoms with Gasteiger partial charge in [0.2, 0.25) is 0 Å². The molecule has 0 aliphatic carbocycles. The maximum absolute atomic E-state index is 7.02. The van der Waals surface area contributed by atoms with Crippen LogP contribution in [0.4, 0.5) is 0 Å². The molecule has 8 heavy (non-hydrogen) atoms. The average molecular weight is 174 g/mol. The van der Waals surface area contributed by atoms with Crippen LogP contribution in [0.15, 0.2) is 18.5 Å². The molecule has 42 valence electrons. The van der Waals surface area contributed by atoms with E-state index in [1.54, 1.807) is 18.5 Å². The molecule has 0 amide bonds. The molecule has 0 saturated carbocycles. The predicted octanol–water partition coefficient (Wildman–Crippen LogP) is -0.433. The van der Waals surface area contributed by atoms with E-state index in [2.05, 4.69) is 21.1 Å². The SMILES string of the molecule is N=C([SeH])n1cccn1. The molecule has 0 saturated heterocycles. The normalized spacial score (nSPS) is 9.12. The number of nitrogens with one attached hydrogen (secondary N) is 1. The van der Waals surface area contributed by atoms with Gasteiger partial charge in [-0.25, -0.2) is 0 Å². The summed E-state index contributed by atoms with van der Waals surface area (Å²) in [5.41, 5.74) is 0. The molecular formula is C4H5N3Se. The van der Waals surface area contributed by atoms with Crippen LogP contribution in [0.25, 0.3) is 0 Å². The third-order valence-corrected chi connectivity index (χ3v) is 1.15. The fourth-order valence-electron chi connectivity index (χ4n) is 0.394. The molecule has 3 nitrogen and oxygen atoms in total. The first-order valence-corrected chi connectivity index (χ1v) is 3.02.